The second kappa shape index (κ2) is 8.04. The van der Waals surface area contributed by atoms with Crippen LogP contribution in [0, 0.1) is 0 Å². The van der Waals surface area contributed by atoms with Crippen LogP contribution in [0.4, 0.5) is 0 Å². The molecule has 2 aliphatic heterocycles. The zero-order valence-electron chi connectivity index (χ0n) is 14.0. The summed E-state index contributed by atoms with van der Waals surface area (Å²) in [6.45, 7) is 2.37. The van der Waals surface area contributed by atoms with Crippen molar-refractivity contribution in [2.45, 2.75) is 50.9 Å². The summed E-state index contributed by atoms with van der Waals surface area (Å²) in [7, 11) is 3.91. The maximum absolute atomic E-state index is 2.58. The van der Waals surface area contributed by atoms with Gasteiger partial charge in [-0.25, -0.2) is 8.61 Å². The van der Waals surface area contributed by atoms with Crippen molar-refractivity contribution in [3.8, 4) is 0 Å². The van der Waals surface area contributed by atoms with E-state index in [9.17, 15) is 0 Å². The standard InChI is InChI=1S/C18H26N4S2/c1-3-15-21(17(9-1)19-11-5-6-12-19)23-24-22-16-4-2-10-18(22)20-13-7-8-14-20/h5-8,11-14,17-18H,1-4,9-10,15-16H2. The summed E-state index contributed by atoms with van der Waals surface area (Å²) in [5.74, 6) is 0. The zero-order chi connectivity index (χ0) is 16.2. The summed E-state index contributed by atoms with van der Waals surface area (Å²) in [4.78, 5) is 0. The molecule has 0 N–H and O–H groups in total. The van der Waals surface area contributed by atoms with Gasteiger partial charge in [-0.05, 0) is 62.8 Å². The third-order valence-corrected chi connectivity index (χ3v) is 7.66. The van der Waals surface area contributed by atoms with E-state index in [1.54, 1.807) is 0 Å². The minimum absolute atomic E-state index is 0.501. The van der Waals surface area contributed by atoms with Crippen molar-refractivity contribution < 1.29 is 0 Å². The van der Waals surface area contributed by atoms with Crippen LogP contribution in [0.2, 0.25) is 0 Å². The van der Waals surface area contributed by atoms with Crippen molar-refractivity contribution in [2.24, 2.45) is 0 Å². The predicted molar refractivity (Wildman–Crippen MR) is 103 cm³/mol. The molecule has 0 spiro atoms. The third-order valence-electron chi connectivity index (χ3n) is 5.01. The fourth-order valence-corrected chi connectivity index (χ4v) is 6.49. The number of hydrogen-bond donors (Lipinski definition) is 0. The largest absolute Gasteiger partial charge is 0.337 e. The maximum atomic E-state index is 2.58. The highest BCUT2D eigenvalue weighted by Gasteiger charge is 2.28. The monoisotopic (exact) mass is 362 g/mol. The molecular weight excluding hydrogens is 336 g/mol. The Labute approximate surface area is 152 Å². The van der Waals surface area contributed by atoms with Crippen molar-refractivity contribution in [3.63, 3.8) is 0 Å². The first-order valence-corrected chi connectivity index (χ1v) is 11.1. The van der Waals surface area contributed by atoms with Crippen LogP contribution < -0.4 is 0 Å². The fraction of sp³-hybridized carbons (Fsp3) is 0.556. The first kappa shape index (κ1) is 16.6. The summed E-state index contributed by atoms with van der Waals surface area (Å²) in [6.07, 6.45) is 17.6. The van der Waals surface area contributed by atoms with Crippen molar-refractivity contribution >= 4 is 22.0 Å². The molecule has 4 heterocycles. The van der Waals surface area contributed by atoms with Crippen LogP contribution in [-0.2, 0) is 0 Å². The summed E-state index contributed by atoms with van der Waals surface area (Å²) < 4.78 is 9.89. The van der Waals surface area contributed by atoms with Crippen molar-refractivity contribution in [3.05, 3.63) is 49.1 Å². The van der Waals surface area contributed by atoms with Crippen LogP contribution in [0.3, 0.4) is 0 Å². The van der Waals surface area contributed by atoms with Crippen molar-refractivity contribution in [1.29, 1.82) is 0 Å². The van der Waals surface area contributed by atoms with E-state index >= 15 is 0 Å². The molecule has 0 bridgehead atoms. The minimum atomic E-state index is 0.501. The van der Waals surface area contributed by atoms with Crippen molar-refractivity contribution in [2.75, 3.05) is 13.1 Å². The van der Waals surface area contributed by atoms with Gasteiger partial charge in [0.25, 0.3) is 0 Å². The van der Waals surface area contributed by atoms with Crippen LogP contribution in [0.5, 0.6) is 0 Å². The van der Waals surface area contributed by atoms with Crippen LogP contribution in [0.1, 0.15) is 50.9 Å². The van der Waals surface area contributed by atoms with E-state index < -0.39 is 0 Å². The highest BCUT2D eigenvalue weighted by atomic mass is 33.1. The van der Waals surface area contributed by atoms with E-state index in [1.807, 2.05) is 22.0 Å². The molecular formula is C18H26N4S2. The normalized spacial score (nSPS) is 26.7. The quantitative estimate of drug-likeness (QED) is 0.538. The van der Waals surface area contributed by atoms with Gasteiger partial charge in [-0.15, -0.1) is 0 Å². The molecule has 2 unspecified atom stereocenters. The van der Waals surface area contributed by atoms with Crippen LogP contribution in [0.15, 0.2) is 49.1 Å². The molecule has 4 nitrogen and oxygen atoms in total. The van der Waals surface area contributed by atoms with Crippen LogP contribution >= 0.6 is 22.0 Å². The molecule has 2 aliphatic rings. The molecule has 0 radical (unpaired) electrons. The molecule has 0 amide bonds. The Morgan fingerprint density at radius 3 is 1.42 bits per heavy atom. The average Bonchev–Trinajstić information content (AvgIpc) is 3.34. The molecule has 0 aliphatic carbocycles. The average molecular weight is 363 g/mol. The Bertz CT molecular complexity index is 544. The van der Waals surface area contributed by atoms with Crippen LogP contribution in [0.25, 0.3) is 0 Å². The van der Waals surface area contributed by atoms with E-state index in [2.05, 4.69) is 66.8 Å². The van der Waals surface area contributed by atoms with E-state index in [0.717, 1.165) is 0 Å². The van der Waals surface area contributed by atoms with E-state index in [0.29, 0.717) is 12.3 Å². The Balaban J connectivity index is 1.40. The molecule has 130 valence electrons. The first-order valence-electron chi connectivity index (χ1n) is 9.05. The van der Waals surface area contributed by atoms with Crippen LogP contribution in [-0.4, -0.2) is 30.8 Å². The second-order valence-electron chi connectivity index (χ2n) is 6.64. The van der Waals surface area contributed by atoms with Gasteiger partial charge in [-0.2, -0.15) is 0 Å². The number of rotatable bonds is 5. The summed E-state index contributed by atoms with van der Waals surface area (Å²) in [6, 6.07) is 8.54. The number of nitrogens with zero attached hydrogens (tertiary/aromatic N) is 4. The predicted octanol–water partition coefficient (Wildman–Crippen LogP) is 5.17. The maximum Gasteiger partial charge on any atom is 0.0959 e. The summed E-state index contributed by atoms with van der Waals surface area (Å²) in [5, 5.41) is 0. The molecule has 6 heteroatoms. The number of aromatic nitrogens is 2. The van der Waals surface area contributed by atoms with Gasteiger partial charge in [-0.1, -0.05) is 0 Å². The molecule has 24 heavy (non-hydrogen) atoms. The number of hydrogen-bond acceptors (Lipinski definition) is 4. The minimum Gasteiger partial charge on any atom is -0.337 e. The van der Waals surface area contributed by atoms with Gasteiger partial charge in [0, 0.05) is 59.8 Å². The lowest BCUT2D eigenvalue weighted by molar-refractivity contribution is 0.202. The molecule has 0 saturated carbocycles. The van der Waals surface area contributed by atoms with E-state index in [4.69, 9.17) is 0 Å². The Hall–Kier alpha value is -0.820. The van der Waals surface area contributed by atoms with Gasteiger partial charge in [-0.3, -0.25) is 0 Å². The van der Waals surface area contributed by atoms with E-state index in [-0.39, 0.29) is 0 Å². The molecule has 2 fully saturated rings. The van der Waals surface area contributed by atoms with Gasteiger partial charge in [0.2, 0.25) is 0 Å². The highest BCUT2D eigenvalue weighted by Crippen LogP contribution is 2.43. The topological polar surface area (TPSA) is 16.3 Å². The second-order valence-corrected chi connectivity index (χ2v) is 8.77. The zero-order valence-corrected chi connectivity index (χ0v) is 15.7. The molecule has 2 saturated heterocycles. The molecule has 2 aromatic heterocycles. The molecule has 0 aromatic carbocycles. The van der Waals surface area contributed by atoms with E-state index in [1.165, 1.54) is 51.6 Å². The van der Waals surface area contributed by atoms with Gasteiger partial charge in [0.05, 0.1) is 12.3 Å². The third kappa shape index (κ3) is 3.72. The Morgan fingerprint density at radius 1 is 0.583 bits per heavy atom. The number of piperidine rings is 2. The lowest BCUT2D eigenvalue weighted by Gasteiger charge is -2.39. The smallest absolute Gasteiger partial charge is 0.0959 e. The molecule has 4 rings (SSSR count). The molecule has 2 atom stereocenters. The van der Waals surface area contributed by atoms with Gasteiger partial charge < -0.3 is 9.13 Å². The summed E-state index contributed by atoms with van der Waals surface area (Å²) >= 11 is 0. The van der Waals surface area contributed by atoms with Gasteiger partial charge in [0.15, 0.2) is 0 Å². The lowest BCUT2D eigenvalue weighted by atomic mass is 10.1. The molecule has 2 aromatic rings. The first-order chi connectivity index (χ1) is 11.9. The Morgan fingerprint density at radius 2 is 1.00 bits per heavy atom. The summed E-state index contributed by atoms with van der Waals surface area (Å²) in [5.41, 5.74) is 0. The van der Waals surface area contributed by atoms with Gasteiger partial charge in [0.1, 0.15) is 0 Å². The lowest BCUT2D eigenvalue weighted by Crippen LogP contribution is -2.33. The Kier molecular flexibility index (Phi) is 5.57. The highest BCUT2D eigenvalue weighted by molar-refractivity contribution is 8.74. The van der Waals surface area contributed by atoms with Gasteiger partial charge >= 0.3 is 0 Å². The SMILES string of the molecule is c1ccn(C2CCCCN2SSN2CCCCC2n2cccc2)c1. The fourth-order valence-electron chi connectivity index (χ4n) is 3.72. The van der Waals surface area contributed by atoms with Crippen molar-refractivity contribution in [1.82, 2.24) is 17.7 Å².